The highest BCUT2D eigenvalue weighted by atomic mass is 32.2. The fourth-order valence-electron chi connectivity index (χ4n) is 2.95. The number of aliphatic hydroxyl groups is 1. The van der Waals surface area contributed by atoms with Crippen molar-refractivity contribution in [2.24, 2.45) is 0 Å². The number of carbonyl (C=O) groups excluding carboxylic acids is 1. The summed E-state index contributed by atoms with van der Waals surface area (Å²) in [7, 11) is 0. The van der Waals surface area contributed by atoms with E-state index in [1.54, 1.807) is 35.4 Å². The predicted molar refractivity (Wildman–Crippen MR) is 123 cm³/mol. The molecule has 2 N–H and O–H groups in total. The number of fused-ring (bicyclic) bond motifs is 1. The zero-order valence-corrected chi connectivity index (χ0v) is 18.5. The van der Waals surface area contributed by atoms with Gasteiger partial charge in [-0.3, -0.25) is 18.9 Å². The number of nitrogens with zero attached hydrogens (tertiary/aromatic N) is 3. The van der Waals surface area contributed by atoms with Crippen molar-refractivity contribution in [3.05, 3.63) is 45.2 Å². The molecule has 0 radical (unpaired) electrons. The molecule has 0 saturated carbocycles. The molecule has 3 heterocycles. The zero-order chi connectivity index (χ0) is 21.7. The van der Waals surface area contributed by atoms with Crippen LogP contribution in [0, 0.1) is 0 Å². The molecule has 1 aliphatic rings. The minimum atomic E-state index is -0.284. The third-order valence-electron chi connectivity index (χ3n) is 4.67. The maximum atomic E-state index is 13.1. The van der Waals surface area contributed by atoms with Crippen LogP contribution in [0.2, 0.25) is 0 Å². The maximum absolute atomic E-state index is 13.1. The van der Waals surface area contributed by atoms with Gasteiger partial charge >= 0.3 is 0 Å². The quantitative estimate of drug-likeness (QED) is 0.342. The molecule has 1 saturated heterocycles. The van der Waals surface area contributed by atoms with Crippen LogP contribution in [-0.4, -0.2) is 62.0 Å². The van der Waals surface area contributed by atoms with Crippen molar-refractivity contribution in [2.45, 2.75) is 26.3 Å². The van der Waals surface area contributed by atoms with E-state index >= 15 is 0 Å². The van der Waals surface area contributed by atoms with Gasteiger partial charge in [-0.25, -0.2) is 4.98 Å². The van der Waals surface area contributed by atoms with E-state index in [4.69, 9.17) is 22.1 Å². The van der Waals surface area contributed by atoms with E-state index in [0.717, 1.165) is 6.42 Å². The van der Waals surface area contributed by atoms with Gasteiger partial charge < -0.3 is 15.2 Å². The van der Waals surface area contributed by atoms with E-state index in [1.807, 2.05) is 13.8 Å². The second-order valence-corrected chi connectivity index (χ2v) is 8.36. The van der Waals surface area contributed by atoms with E-state index in [1.165, 1.54) is 16.2 Å². The molecule has 8 nitrogen and oxygen atoms in total. The number of carbonyl (C=O) groups is 1. The standard InChI is InChI=1S/C20H24N4O4S2/c1-3-13(2)24-19(27)15(30-20(24)29)12-14-17(21-7-10-28-11-9-25)22-16-6-4-5-8-23(16)18(14)26/h4-6,8,12-13,21,25H,3,7,9-11H2,1-2H3/b15-12+/t13-/m0/s1. The first kappa shape index (κ1) is 22.4. The van der Waals surface area contributed by atoms with Crippen molar-refractivity contribution >= 4 is 51.7 Å². The Morgan fingerprint density at radius 2 is 2.17 bits per heavy atom. The summed E-state index contributed by atoms with van der Waals surface area (Å²) in [6.45, 7) is 4.85. The molecule has 1 fully saturated rings. The van der Waals surface area contributed by atoms with E-state index in [9.17, 15) is 9.59 Å². The summed E-state index contributed by atoms with van der Waals surface area (Å²) < 4.78 is 7.18. The van der Waals surface area contributed by atoms with Gasteiger partial charge in [0.15, 0.2) is 0 Å². The third kappa shape index (κ3) is 4.72. The summed E-state index contributed by atoms with van der Waals surface area (Å²) in [6.07, 6.45) is 3.98. The summed E-state index contributed by atoms with van der Waals surface area (Å²) in [5.41, 5.74) is 0.490. The Morgan fingerprint density at radius 3 is 2.90 bits per heavy atom. The average molecular weight is 449 g/mol. The van der Waals surface area contributed by atoms with E-state index in [0.29, 0.717) is 33.8 Å². The van der Waals surface area contributed by atoms with Crippen LogP contribution in [0.1, 0.15) is 25.8 Å². The van der Waals surface area contributed by atoms with Crippen LogP contribution >= 0.6 is 24.0 Å². The van der Waals surface area contributed by atoms with Crippen LogP contribution in [0.15, 0.2) is 34.1 Å². The molecule has 1 aliphatic heterocycles. The fraction of sp³-hybridized carbons (Fsp3) is 0.400. The van der Waals surface area contributed by atoms with Crippen LogP contribution in [0.4, 0.5) is 5.82 Å². The summed E-state index contributed by atoms with van der Waals surface area (Å²) in [4.78, 5) is 32.6. The van der Waals surface area contributed by atoms with Crippen molar-refractivity contribution < 1.29 is 14.6 Å². The molecule has 2 aromatic heterocycles. The van der Waals surface area contributed by atoms with Crippen molar-refractivity contribution in [3.63, 3.8) is 0 Å². The number of amides is 1. The number of nitrogens with one attached hydrogen (secondary N) is 1. The number of rotatable bonds is 9. The summed E-state index contributed by atoms with van der Waals surface area (Å²) >= 11 is 6.57. The van der Waals surface area contributed by atoms with E-state index < -0.39 is 0 Å². The van der Waals surface area contributed by atoms with Crippen LogP contribution in [-0.2, 0) is 9.53 Å². The molecule has 0 aromatic carbocycles. The number of ether oxygens (including phenoxy) is 1. The number of pyridine rings is 1. The van der Waals surface area contributed by atoms with Crippen molar-refractivity contribution in [2.75, 3.05) is 31.7 Å². The number of hydrogen-bond donors (Lipinski definition) is 2. The van der Waals surface area contributed by atoms with E-state index in [-0.39, 0.29) is 36.3 Å². The number of hydrogen-bond acceptors (Lipinski definition) is 8. The maximum Gasteiger partial charge on any atom is 0.267 e. The van der Waals surface area contributed by atoms with E-state index in [2.05, 4.69) is 10.3 Å². The second-order valence-electron chi connectivity index (χ2n) is 6.68. The van der Waals surface area contributed by atoms with Crippen molar-refractivity contribution in [1.29, 1.82) is 0 Å². The Balaban J connectivity index is 1.99. The number of aromatic nitrogens is 2. The van der Waals surface area contributed by atoms with Crippen LogP contribution in [0.5, 0.6) is 0 Å². The van der Waals surface area contributed by atoms with Crippen LogP contribution in [0.25, 0.3) is 11.7 Å². The second kappa shape index (κ2) is 10.2. The number of anilines is 1. The fourth-order valence-corrected chi connectivity index (χ4v) is 4.39. The minimum Gasteiger partial charge on any atom is -0.394 e. The van der Waals surface area contributed by atoms with Gasteiger partial charge in [-0.2, -0.15) is 0 Å². The monoisotopic (exact) mass is 448 g/mol. The molecule has 160 valence electrons. The Kier molecular flexibility index (Phi) is 7.59. The molecule has 1 amide bonds. The lowest BCUT2D eigenvalue weighted by molar-refractivity contribution is -0.123. The predicted octanol–water partition coefficient (Wildman–Crippen LogP) is 2.12. The van der Waals surface area contributed by atoms with Gasteiger partial charge in [0.2, 0.25) is 0 Å². The highest BCUT2D eigenvalue weighted by molar-refractivity contribution is 8.26. The average Bonchev–Trinajstić information content (AvgIpc) is 3.02. The third-order valence-corrected chi connectivity index (χ3v) is 6.00. The van der Waals surface area contributed by atoms with Gasteiger partial charge in [0.05, 0.1) is 30.3 Å². The zero-order valence-electron chi connectivity index (χ0n) is 16.8. The molecule has 3 rings (SSSR count). The first-order chi connectivity index (χ1) is 14.5. The number of aliphatic hydroxyl groups excluding tert-OH is 1. The number of thiocarbonyl (C=S) groups is 1. The molecule has 0 spiro atoms. The van der Waals surface area contributed by atoms with Gasteiger partial charge in [0.1, 0.15) is 15.8 Å². The van der Waals surface area contributed by atoms with Crippen molar-refractivity contribution in [1.82, 2.24) is 14.3 Å². The molecule has 0 unspecified atom stereocenters. The highest BCUT2D eigenvalue weighted by Crippen LogP contribution is 2.34. The van der Waals surface area contributed by atoms with Gasteiger partial charge in [-0.1, -0.05) is 37.0 Å². The summed E-state index contributed by atoms with van der Waals surface area (Å²) in [5, 5.41) is 11.9. The first-order valence-electron chi connectivity index (χ1n) is 9.68. The van der Waals surface area contributed by atoms with Gasteiger partial charge in [-0.15, -0.1) is 0 Å². The Bertz CT molecular complexity index is 1040. The molecule has 1 atom stereocenters. The molecule has 10 heteroatoms. The smallest absolute Gasteiger partial charge is 0.267 e. The largest absolute Gasteiger partial charge is 0.394 e. The Morgan fingerprint density at radius 1 is 1.37 bits per heavy atom. The molecule has 0 aliphatic carbocycles. The molecule has 0 bridgehead atoms. The normalized spacial score (nSPS) is 16.6. The lowest BCUT2D eigenvalue weighted by atomic mass is 10.2. The lowest BCUT2D eigenvalue weighted by Gasteiger charge is -2.21. The molecule has 30 heavy (non-hydrogen) atoms. The van der Waals surface area contributed by atoms with Crippen LogP contribution in [0.3, 0.4) is 0 Å². The molecular formula is C20H24N4O4S2. The Labute approximate surface area is 183 Å². The topological polar surface area (TPSA) is 96.2 Å². The molecule has 2 aromatic rings. The summed E-state index contributed by atoms with van der Waals surface area (Å²) in [6, 6.07) is 5.27. The first-order valence-corrected chi connectivity index (χ1v) is 10.9. The van der Waals surface area contributed by atoms with Crippen LogP contribution < -0.4 is 10.9 Å². The lowest BCUT2D eigenvalue weighted by Crippen LogP contribution is -2.36. The van der Waals surface area contributed by atoms with Crippen molar-refractivity contribution in [3.8, 4) is 0 Å². The van der Waals surface area contributed by atoms with Gasteiger partial charge in [-0.05, 0) is 31.6 Å². The van der Waals surface area contributed by atoms with Gasteiger partial charge in [0.25, 0.3) is 11.5 Å². The minimum absolute atomic E-state index is 0.0134. The SMILES string of the molecule is CC[C@H](C)N1C(=O)/C(=C\c2c(NCCOCCO)nc3ccccn3c2=O)SC1=S. The van der Waals surface area contributed by atoms with Gasteiger partial charge in [0, 0.05) is 18.8 Å². The molecular weight excluding hydrogens is 424 g/mol. The summed E-state index contributed by atoms with van der Waals surface area (Å²) in [5.74, 6) is 0.168. The Hall–Kier alpha value is -2.27. The number of thioether (sulfide) groups is 1. The highest BCUT2D eigenvalue weighted by Gasteiger charge is 2.35.